The van der Waals surface area contributed by atoms with Crippen molar-refractivity contribution in [3.8, 4) is 0 Å². The largest absolute Gasteiger partial charge is 0.298 e. The first-order chi connectivity index (χ1) is 4.54. The zero-order chi connectivity index (χ0) is 8.57. The first-order valence-electron chi connectivity index (χ1n) is 2.76. The van der Waals surface area contributed by atoms with Crippen molar-refractivity contribution in [1.29, 1.82) is 0 Å². The van der Waals surface area contributed by atoms with E-state index in [0.717, 1.165) is 12.6 Å². The topological polar surface area (TPSA) is 34.1 Å². The summed E-state index contributed by atoms with van der Waals surface area (Å²) in [6.45, 7) is 9.93. The first-order valence-corrected chi connectivity index (χ1v) is 2.76. The van der Waals surface area contributed by atoms with E-state index < -0.39 is 0 Å². The number of aldehydes is 2. The highest BCUT2D eigenvalue weighted by Crippen LogP contribution is 1.71. The molecule has 0 spiro atoms. The maximum atomic E-state index is 9.41. The highest BCUT2D eigenvalue weighted by Gasteiger charge is 1.66. The maximum absolute atomic E-state index is 9.41. The third-order valence-electron chi connectivity index (χ3n) is 0.402. The van der Waals surface area contributed by atoms with Gasteiger partial charge in [0.2, 0.25) is 0 Å². The van der Waals surface area contributed by atoms with Crippen LogP contribution in [0.3, 0.4) is 0 Å². The highest BCUT2D eigenvalue weighted by molar-refractivity contribution is 5.71. The molecule has 0 aromatic heterocycles. The molecule has 0 saturated heterocycles. The average molecular weight is 140 g/mol. The van der Waals surface area contributed by atoms with E-state index >= 15 is 0 Å². The molecule has 0 bridgehead atoms. The van der Waals surface area contributed by atoms with Gasteiger partial charge in [-0.1, -0.05) is 13.2 Å². The minimum Gasteiger partial charge on any atom is -0.298 e. The normalized spacial score (nSPS) is 6.60. The average Bonchev–Trinajstić information content (AvgIpc) is 1.89. The molecule has 0 unspecified atom stereocenters. The summed E-state index contributed by atoms with van der Waals surface area (Å²) in [5.41, 5.74) is 1.15. The van der Waals surface area contributed by atoms with E-state index in [1.807, 2.05) is 0 Å². The van der Waals surface area contributed by atoms with E-state index in [4.69, 9.17) is 0 Å². The monoisotopic (exact) mass is 140 g/mol. The molecule has 0 aliphatic rings. The summed E-state index contributed by atoms with van der Waals surface area (Å²) in [7, 11) is 0. The Morgan fingerprint density at radius 1 is 1.00 bits per heavy atom. The molecule has 2 nitrogen and oxygen atoms in total. The Hall–Kier alpha value is -1.18. The Labute approximate surface area is 61.2 Å². The lowest BCUT2D eigenvalue weighted by atomic mass is 10.4. The van der Waals surface area contributed by atoms with Crippen LogP contribution in [0, 0.1) is 0 Å². The smallest absolute Gasteiger partial charge is 0.145 e. The predicted octanol–water partition coefficient (Wildman–Crippen LogP) is 1.52. The molecule has 0 rings (SSSR count). The van der Waals surface area contributed by atoms with E-state index in [0.29, 0.717) is 11.1 Å². The van der Waals surface area contributed by atoms with Crippen LogP contribution in [0.15, 0.2) is 24.3 Å². The second-order valence-corrected chi connectivity index (χ2v) is 1.93. The Balaban J connectivity index is 0. The minimum absolute atomic E-state index is 0.574. The van der Waals surface area contributed by atoms with Crippen molar-refractivity contribution >= 4 is 12.6 Å². The summed E-state index contributed by atoms with van der Waals surface area (Å²) < 4.78 is 0. The third-order valence-corrected chi connectivity index (χ3v) is 0.402. The molecular formula is C8H12O2. The standard InChI is InChI=1S/2C4H6O/c2*1-4(2)3-5/h2*3H,1H2,2H3. The molecule has 0 atom stereocenters. The number of rotatable bonds is 2. The Kier molecular flexibility index (Phi) is 9.07. The van der Waals surface area contributed by atoms with E-state index in [9.17, 15) is 9.59 Å². The van der Waals surface area contributed by atoms with Gasteiger partial charge in [-0.2, -0.15) is 0 Å². The summed E-state index contributed by atoms with van der Waals surface area (Å²) in [5, 5.41) is 0. The number of carbonyl (C=O) groups is 2. The quantitative estimate of drug-likeness (QED) is 0.430. The molecule has 0 radical (unpaired) electrons. The molecule has 0 heterocycles. The molecule has 0 fully saturated rings. The molecule has 10 heavy (non-hydrogen) atoms. The SMILES string of the molecule is C=C(C)C=O.C=C(C)C=O. The molecular weight excluding hydrogens is 128 g/mol. The molecule has 0 aromatic carbocycles. The molecule has 0 amide bonds. The molecule has 0 aliphatic heterocycles. The predicted molar refractivity (Wildman–Crippen MR) is 41.8 cm³/mol. The van der Waals surface area contributed by atoms with Crippen molar-refractivity contribution in [3.63, 3.8) is 0 Å². The van der Waals surface area contributed by atoms with Crippen LogP contribution in [0.25, 0.3) is 0 Å². The lowest BCUT2D eigenvalue weighted by Gasteiger charge is -1.65. The van der Waals surface area contributed by atoms with Gasteiger partial charge >= 0.3 is 0 Å². The van der Waals surface area contributed by atoms with E-state index in [2.05, 4.69) is 13.2 Å². The van der Waals surface area contributed by atoms with Crippen molar-refractivity contribution in [2.24, 2.45) is 0 Å². The second-order valence-electron chi connectivity index (χ2n) is 1.93. The number of carbonyl (C=O) groups excluding carboxylic acids is 2. The highest BCUT2D eigenvalue weighted by atomic mass is 16.1. The number of allylic oxidation sites excluding steroid dienone is 2. The van der Waals surface area contributed by atoms with Gasteiger partial charge in [0.1, 0.15) is 12.6 Å². The van der Waals surface area contributed by atoms with Crippen LogP contribution in [0.2, 0.25) is 0 Å². The van der Waals surface area contributed by atoms with Gasteiger partial charge in [0.05, 0.1) is 0 Å². The summed E-state index contributed by atoms with van der Waals surface area (Å²) in [4.78, 5) is 18.8. The Morgan fingerprint density at radius 2 is 1.10 bits per heavy atom. The summed E-state index contributed by atoms with van der Waals surface area (Å²) in [6.07, 6.45) is 1.44. The molecule has 2 heteroatoms. The van der Waals surface area contributed by atoms with Gasteiger partial charge in [0.25, 0.3) is 0 Å². The molecule has 56 valence electrons. The van der Waals surface area contributed by atoms with Crippen molar-refractivity contribution in [1.82, 2.24) is 0 Å². The van der Waals surface area contributed by atoms with Crippen LogP contribution < -0.4 is 0 Å². The van der Waals surface area contributed by atoms with Crippen LogP contribution in [-0.4, -0.2) is 12.6 Å². The first kappa shape index (κ1) is 11.6. The molecule has 0 aliphatic carbocycles. The zero-order valence-electron chi connectivity index (χ0n) is 6.39. The lowest BCUT2D eigenvalue weighted by Crippen LogP contribution is -1.65. The van der Waals surface area contributed by atoms with Gasteiger partial charge < -0.3 is 0 Å². The summed E-state index contributed by atoms with van der Waals surface area (Å²) >= 11 is 0. The fourth-order valence-corrected chi connectivity index (χ4v) is 0. The fraction of sp³-hybridized carbons (Fsp3) is 0.250. The van der Waals surface area contributed by atoms with Crippen LogP contribution in [0.5, 0.6) is 0 Å². The van der Waals surface area contributed by atoms with Gasteiger partial charge in [-0.05, 0) is 25.0 Å². The van der Waals surface area contributed by atoms with Gasteiger partial charge in [0.15, 0.2) is 0 Å². The minimum atomic E-state index is 0.574. The van der Waals surface area contributed by atoms with Crippen molar-refractivity contribution in [2.75, 3.05) is 0 Å². The van der Waals surface area contributed by atoms with Gasteiger partial charge in [-0.15, -0.1) is 0 Å². The van der Waals surface area contributed by atoms with Gasteiger partial charge in [-0.25, -0.2) is 0 Å². The van der Waals surface area contributed by atoms with E-state index in [1.54, 1.807) is 13.8 Å². The second kappa shape index (κ2) is 7.82. The Bertz CT molecular complexity index is 127. The summed E-state index contributed by atoms with van der Waals surface area (Å²) in [6, 6.07) is 0. The number of hydrogen-bond donors (Lipinski definition) is 0. The van der Waals surface area contributed by atoms with Crippen molar-refractivity contribution < 1.29 is 9.59 Å². The van der Waals surface area contributed by atoms with E-state index in [-0.39, 0.29) is 0 Å². The molecule has 0 saturated carbocycles. The van der Waals surface area contributed by atoms with Gasteiger partial charge in [-0.3, -0.25) is 9.59 Å². The number of hydrogen-bond acceptors (Lipinski definition) is 2. The van der Waals surface area contributed by atoms with Crippen molar-refractivity contribution in [3.05, 3.63) is 24.3 Å². The third kappa shape index (κ3) is 29.0. The summed E-state index contributed by atoms with van der Waals surface area (Å²) in [5.74, 6) is 0. The van der Waals surface area contributed by atoms with Crippen LogP contribution in [-0.2, 0) is 9.59 Å². The van der Waals surface area contributed by atoms with Crippen LogP contribution in [0.1, 0.15) is 13.8 Å². The van der Waals surface area contributed by atoms with Crippen LogP contribution >= 0.6 is 0 Å². The van der Waals surface area contributed by atoms with Crippen molar-refractivity contribution in [2.45, 2.75) is 13.8 Å². The molecule has 0 N–H and O–H groups in total. The fourth-order valence-electron chi connectivity index (χ4n) is 0. The lowest BCUT2D eigenvalue weighted by molar-refractivity contribution is -0.105. The van der Waals surface area contributed by atoms with Gasteiger partial charge in [0, 0.05) is 0 Å². The molecule has 0 aromatic rings. The Morgan fingerprint density at radius 3 is 1.10 bits per heavy atom. The van der Waals surface area contributed by atoms with Crippen LogP contribution in [0.4, 0.5) is 0 Å². The van der Waals surface area contributed by atoms with E-state index in [1.165, 1.54) is 0 Å². The maximum Gasteiger partial charge on any atom is 0.145 e. The zero-order valence-corrected chi connectivity index (χ0v) is 6.39.